The molecule has 34 heavy (non-hydrogen) atoms. The quantitative estimate of drug-likeness (QED) is 0.294. The summed E-state index contributed by atoms with van der Waals surface area (Å²) in [6.45, 7) is 5.31. The van der Waals surface area contributed by atoms with Crippen LogP contribution in [-0.4, -0.2) is 25.5 Å². The number of amides is 1. The van der Waals surface area contributed by atoms with Crippen LogP contribution in [0.3, 0.4) is 0 Å². The van der Waals surface area contributed by atoms with Gasteiger partial charge < -0.3 is 15.1 Å². The van der Waals surface area contributed by atoms with Gasteiger partial charge in [-0.3, -0.25) is 14.0 Å². The van der Waals surface area contributed by atoms with E-state index in [1.54, 1.807) is 75.1 Å². The molecule has 0 radical (unpaired) electrons. The van der Waals surface area contributed by atoms with E-state index in [4.69, 9.17) is 0 Å². The lowest BCUT2D eigenvalue weighted by Gasteiger charge is -2.33. The number of anilines is 1. The van der Waals surface area contributed by atoms with E-state index in [9.17, 15) is 23.5 Å². The summed E-state index contributed by atoms with van der Waals surface area (Å²) in [6, 6.07) is 11.1. The highest BCUT2D eigenvalue weighted by Crippen LogP contribution is 2.61. The van der Waals surface area contributed by atoms with E-state index in [1.165, 1.54) is 18.2 Å². The number of carbonyl (C=O) groups is 1. The molecule has 7 nitrogen and oxygen atoms in total. The van der Waals surface area contributed by atoms with E-state index in [1.807, 2.05) is 0 Å². The van der Waals surface area contributed by atoms with Gasteiger partial charge in [0.25, 0.3) is 0 Å². The van der Waals surface area contributed by atoms with Crippen LogP contribution in [0, 0.1) is 12.7 Å². The van der Waals surface area contributed by atoms with Gasteiger partial charge in [-0.15, -0.1) is 0 Å². The fraction of sp³-hybridized carbons (Fsp3) is 0.280. The lowest BCUT2D eigenvalue weighted by molar-refractivity contribution is -0.111. The Bertz CT molecular complexity index is 1260. The van der Waals surface area contributed by atoms with Gasteiger partial charge in [0.15, 0.2) is 0 Å². The minimum absolute atomic E-state index is 0.295. The number of rotatable bonds is 8. The van der Waals surface area contributed by atoms with E-state index < -0.39 is 12.8 Å². The highest BCUT2D eigenvalue weighted by Gasteiger charge is 2.45. The monoisotopic (exact) mass is 485 g/mol. The summed E-state index contributed by atoms with van der Waals surface area (Å²) in [6.07, 6.45) is 5.24. The lowest BCUT2D eigenvalue weighted by atomic mass is 9.91. The average Bonchev–Trinajstić information content (AvgIpc) is 3.15. The average molecular weight is 485 g/mol. The van der Waals surface area contributed by atoms with Crippen LogP contribution in [0.15, 0.2) is 54.7 Å². The van der Waals surface area contributed by atoms with Crippen molar-refractivity contribution in [3.63, 3.8) is 0 Å². The van der Waals surface area contributed by atoms with E-state index in [0.29, 0.717) is 35.2 Å². The van der Waals surface area contributed by atoms with Gasteiger partial charge in [-0.2, -0.15) is 5.10 Å². The molecule has 0 saturated carbocycles. The van der Waals surface area contributed by atoms with Crippen molar-refractivity contribution in [2.24, 2.45) is 7.05 Å². The molecule has 0 spiro atoms. The second-order valence-electron chi connectivity index (χ2n) is 8.21. The summed E-state index contributed by atoms with van der Waals surface area (Å²) in [5, 5.41) is 5.79. The molecule has 0 unspecified atom stereocenters. The van der Waals surface area contributed by atoms with E-state index in [-0.39, 0.29) is 11.7 Å². The number of hydrogen-bond acceptors (Lipinski definition) is 3. The molecule has 3 N–H and O–H groups in total. The van der Waals surface area contributed by atoms with Gasteiger partial charge in [0.1, 0.15) is 5.82 Å². The SMILES string of the molecule is CCC(CC)(c1ccc(NC(=O)/C=C/c2cnn(C)c2-c2ccc(F)cc2)c(C)c1)P(=O)(O)O. The van der Waals surface area contributed by atoms with Crippen molar-refractivity contribution < 1.29 is 23.5 Å². The van der Waals surface area contributed by atoms with Crippen LogP contribution in [0.1, 0.15) is 43.4 Å². The molecular weight excluding hydrogens is 456 g/mol. The van der Waals surface area contributed by atoms with Crippen LogP contribution in [0.2, 0.25) is 0 Å². The van der Waals surface area contributed by atoms with Crippen molar-refractivity contribution in [1.29, 1.82) is 0 Å². The standard InChI is InChI=1S/C25H29FN3O4P/c1-5-25(6-2,34(31,32)33)20-10-13-22(17(3)15-20)28-23(30)14-9-19-16-27-29(4)24(19)18-7-11-21(26)12-8-18/h7-16H,5-6H2,1-4H3,(H,28,30)(H2,31,32,33)/b14-9+. The molecule has 0 aliphatic carbocycles. The Balaban J connectivity index is 1.81. The van der Waals surface area contributed by atoms with Crippen molar-refractivity contribution >= 4 is 25.3 Å². The topological polar surface area (TPSA) is 104 Å². The molecule has 0 fully saturated rings. The molecule has 3 aromatic rings. The Morgan fingerprint density at radius 1 is 1.18 bits per heavy atom. The molecule has 9 heteroatoms. The number of aromatic nitrogens is 2. The fourth-order valence-electron chi connectivity index (χ4n) is 4.21. The zero-order chi connectivity index (χ0) is 25.1. The largest absolute Gasteiger partial charge is 0.335 e. The highest BCUT2D eigenvalue weighted by molar-refractivity contribution is 7.53. The normalized spacial score (nSPS) is 12.3. The second kappa shape index (κ2) is 10.1. The Kier molecular flexibility index (Phi) is 7.56. The highest BCUT2D eigenvalue weighted by atomic mass is 31.2. The molecule has 0 aliphatic rings. The summed E-state index contributed by atoms with van der Waals surface area (Å²) in [5.74, 6) is -0.698. The van der Waals surface area contributed by atoms with Crippen LogP contribution < -0.4 is 5.32 Å². The summed E-state index contributed by atoms with van der Waals surface area (Å²) >= 11 is 0. The van der Waals surface area contributed by atoms with Gasteiger partial charge in [-0.1, -0.05) is 26.0 Å². The van der Waals surface area contributed by atoms with Gasteiger partial charge in [0, 0.05) is 29.9 Å². The van der Waals surface area contributed by atoms with Gasteiger partial charge in [-0.25, -0.2) is 4.39 Å². The van der Waals surface area contributed by atoms with Crippen molar-refractivity contribution in [2.45, 2.75) is 38.8 Å². The Labute approximate surface area is 198 Å². The number of nitrogens with one attached hydrogen (secondary N) is 1. The third-order valence-corrected chi connectivity index (χ3v) is 8.25. The minimum Gasteiger partial charge on any atom is -0.324 e. The van der Waals surface area contributed by atoms with Crippen LogP contribution in [0.4, 0.5) is 10.1 Å². The van der Waals surface area contributed by atoms with Crippen LogP contribution >= 0.6 is 7.60 Å². The molecule has 1 heterocycles. The zero-order valence-corrected chi connectivity index (χ0v) is 20.5. The smallest absolute Gasteiger partial charge is 0.324 e. The molecule has 0 atom stereocenters. The maximum absolute atomic E-state index is 13.3. The first-order valence-corrected chi connectivity index (χ1v) is 12.6. The van der Waals surface area contributed by atoms with Gasteiger partial charge in [0.2, 0.25) is 5.91 Å². The summed E-state index contributed by atoms with van der Waals surface area (Å²) in [7, 11) is -2.63. The number of aryl methyl sites for hydroxylation is 2. The molecule has 0 saturated heterocycles. The van der Waals surface area contributed by atoms with Crippen molar-refractivity contribution in [1.82, 2.24) is 9.78 Å². The third kappa shape index (κ3) is 5.04. The van der Waals surface area contributed by atoms with Gasteiger partial charge in [-0.05, 0) is 67.3 Å². The van der Waals surface area contributed by atoms with Crippen LogP contribution in [0.25, 0.3) is 17.3 Å². The maximum atomic E-state index is 13.3. The third-order valence-electron chi connectivity index (χ3n) is 6.25. The lowest BCUT2D eigenvalue weighted by Crippen LogP contribution is -2.24. The molecule has 180 valence electrons. The number of carbonyl (C=O) groups excluding carboxylic acids is 1. The Morgan fingerprint density at radius 2 is 1.82 bits per heavy atom. The van der Waals surface area contributed by atoms with Crippen molar-refractivity contribution in [2.75, 3.05) is 5.32 Å². The number of benzene rings is 2. The molecular formula is C25H29FN3O4P. The first-order chi connectivity index (χ1) is 16.0. The van der Waals surface area contributed by atoms with Gasteiger partial charge in [0.05, 0.1) is 17.0 Å². The number of nitrogens with zero attached hydrogens (tertiary/aromatic N) is 2. The molecule has 1 aromatic heterocycles. The first kappa shape index (κ1) is 25.6. The molecule has 0 aliphatic heterocycles. The Hall–Kier alpha value is -3.06. The first-order valence-electron chi connectivity index (χ1n) is 11.0. The Morgan fingerprint density at radius 3 is 2.38 bits per heavy atom. The van der Waals surface area contributed by atoms with E-state index >= 15 is 0 Å². The van der Waals surface area contributed by atoms with Gasteiger partial charge >= 0.3 is 7.60 Å². The van der Waals surface area contributed by atoms with Crippen LogP contribution in [-0.2, 0) is 21.6 Å². The predicted octanol–water partition coefficient (Wildman–Crippen LogP) is 5.38. The van der Waals surface area contributed by atoms with E-state index in [0.717, 1.165) is 11.3 Å². The number of halogens is 1. The molecule has 0 bridgehead atoms. The summed E-state index contributed by atoms with van der Waals surface area (Å²) in [5.41, 5.74) is 4.03. The molecule has 3 rings (SSSR count). The zero-order valence-electron chi connectivity index (χ0n) is 19.6. The summed E-state index contributed by atoms with van der Waals surface area (Å²) < 4.78 is 27.2. The van der Waals surface area contributed by atoms with E-state index in [2.05, 4.69) is 10.4 Å². The number of hydrogen-bond donors (Lipinski definition) is 3. The fourth-order valence-corrected chi connectivity index (χ4v) is 5.51. The molecule has 1 amide bonds. The summed E-state index contributed by atoms with van der Waals surface area (Å²) in [4.78, 5) is 32.6. The molecule has 2 aromatic carbocycles. The maximum Gasteiger partial charge on any atom is 0.335 e. The van der Waals surface area contributed by atoms with Crippen molar-refractivity contribution in [3.05, 3.63) is 77.2 Å². The van der Waals surface area contributed by atoms with Crippen LogP contribution in [0.5, 0.6) is 0 Å². The minimum atomic E-state index is -4.39. The van der Waals surface area contributed by atoms with Crippen molar-refractivity contribution in [3.8, 4) is 11.3 Å². The second-order valence-corrected chi connectivity index (χ2v) is 10.2. The predicted molar refractivity (Wildman–Crippen MR) is 132 cm³/mol.